The van der Waals surface area contributed by atoms with Gasteiger partial charge in [-0.2, -0.15) is 0 Å². The first-order valence-corrected chi connectivity index (χ1v) is 6.89. The van der Waals surface area contributed by atoms with E-state index in [-0.39, 0.29) is 11.4 Å². The number of carbonyl (C=O) groups excluding carboxylic acids is 2. The number of nitro benzene ring substituents is 1. The highest BCUT2D eigenvalue weighted by Gasteiger charge is 2.20. The quantitative estimate of drug-likeness (QED) is 0.511. The highest BCUT2D eigenvalue weighted by molar-refractivity contribution is 6.44. The summed E-state index contributed by atoms with van der Waals surface area (Å²) in [5.74, 6) is -1.97. The summed E-state index contributed by atoms with van der Waals surface area (Å²) in [6.07, 6.45) is 0. The summed E-state index contributed by atoms with van der Waals surface area (Å²) in [6, 6.07) is 10.4. The van der Waals surface area contributed by atoms with Gasteiger partial charge in [0.2, 0.25) is 0 Å². The molecule has 0 aliphatic rings. The van der Waals surface area contributed by atoms with E-state index in [1.54, 1.807) is 25.1 Å². The van der Waals surface area contributed by atoms with Gasteiger partial charge in [0.25, 0.3) is 5.69 Å². The van der Waals surface area contributed by atoms with Gasteiger partial charge in [0.15, 0.2) is 0 Å². The number of amides is 2. The van der Waals surface area contributed by atoms with E-state index >= 15 is 0 Å². The van der Waals surface area contributed by atoms with Gasteiger partial charge in [-0.05, 0) is 30.7 Å². The van der Waals surface area contributed by atoms with Gasteiger partial charge in [-0.15, -0.1) is 0 Å². The number of nitrogens with one attached hydrogen (secondary N) is 2. The van der Waals surface area contributed by atoms with Crippen LogP contribution in [0.2, 0.25) is 5.02 Å². The van der Waals surface area contributed by atoms with Crippen LogP contribution in [-0.4, -0.2) is 16.7 Å². The van der Waals surface area contributed by atoms with Gasteiger partial charge in [-0.1, -0.05) is 29.8 Å². The second kappa shape index (κ2) is 6.89. The molecule has 2 aromatic carbocycles. The van der Waals surface area contributed by atoms with Crippen molar-refractivity contribution in [1.29, 1.82) is 0 Å². The standard InChI is InChI=1S/C15H12ClN3O4/c1-9-10(16)5-4-7-11(9)17-14(20)15(21)18-12-6-2-3-8-13(12)19(22)23/h2-8H,1H3,(H,17,20)(H,18,21). The summed E-state index contributed by atoms with van der Waals surface area (Å²) in [6.45, 7) is 1.69. The van der Waals surface area contributed by atoms with Gasteiger partial charge in [0, 0.05) is 16.8 Å². The van der Waals surface area contributed by atoms with Gasteiger partial charge < -0.3 is 10.6 Å². The van der Waals surface area contributed by atoms with Crippen LogP contribution < -0.4 is 10.6 Å². The normalized spacial score (nSPS) is 10.0. The van der Waals surface area contributed by atoms with Crippen LogP contribution in [0.15, 0.2) is 42.5 Å². The molecule has 7 nitrogen and oxygen atoms in total. The summed E-state index contributed by atoms with van der Waals surface area (Å²) in [5, 5.41) is 16.0. The van der Waals surface area contributed by atoms with Crippen molar-refractivity contribution in [1.82, 2.24) is 0 Å². The first-order chi connectivity index (χ1) is 10.9. The smallest absolute Gasteiger partial charge is 0.314 e. The van der Waals surface area contributed by atoms with Gasteiger partial charge in [0.1, 0.15) is 5.69 Å². The lowest BCUT2D eigenvalue weighted by Gasteiger charge is -2.09. The fraction of sp³-hybridized carbons (Fsp3) is 0.0667. The molecule has 2 aromatic rings. The average molecular weight is 334 g/mol. The van der Waals surface area contributed by atoms with Gasteiger partial charge >= 0.3 is 11.8 Å². The van der Waals surface area contributed by atoms with Gasteiger partial charge in [-0.3, -0.25) is 19.7 Å². The molecule has 0 spiro atoms. The van der Waals surface area contributed by atoms with Crippen molar-refractivity contribution in [2.24, 2.45) is 0 Å². The molecule has 0 aromatic heterocycles. The highest BCUT2D eigenvalue weighted by Crippen LogP contribution is 2.24. The summed E-state index contributed by atoms with van der Waals surface area (Å²) in [7, 11) is 0. The molecule has 0 fully saturated rings. The minimum Gasteiger partial charge on any atom is -0.317 e. The molecule has 0 saturated carbocycles. The third-order valence-corrected chi connectivity index (χ3v) is 3.48. The van der Waals surface area contributed by atoms with Gasteiger partial charge in [0.05, 0.1) is 4.92 Å². The number of hydrogen-bond donors (Lipinski definition) is 2. The van der Waals surface area contributed by atoms with Crippen LogP contribution in [0.4, 0.5) is 17.1 Å². The van der Waals surface area contributed by atoms with Crippen molar-refractivity contribution in [3.05, 3.63) is 63.2 Å². The monoisotopic (exact) mass is 333 g/mol. The Morgan fingerprint density at radius 2 is 1.57 bits per heavy atom. The molecule has 0 unspecified atom stereocenters. The Morgan fingerprint density at radius 3 is 2.22 bits per heavy atom. The number of carbonyl (C=O) groups is 2. The maximum atomic E-state index is 11.9. The van der Waals surface area contributed by atoms with E-state index in [9.17, 15) is 19.7 Å². The first kappa shape index (κ1) is 16.4. The topological polar surface area (TPSA) is 101 Å². The van der Waals surface area contributed by atoms with E-state index in [1.807, 2.05) is 0 Å². The molecule has 23 heavy (non-hydrogen) atoms. The average Bonchev–Trinajstić information content (AvgIpc) is 2.52. The maximum absolute atomic E-state index is 11.9. The van der Waals surface area contributed by atoms with E-state index < -0.39 is 16.7 Å². The Labute approximate surface area is 136 Å². The number of rotatable bonds is 3. The van der Waals surface area contributed by atoms with E-state index in [2.05, 4.69) is 10.6 Å². The molecule has 2 rings (SSSR count). The van der Waals surface area contributed by atoms with Crippen molar-refractivity contribution in [3.63, 3.8) is 0 Å². The number of nitrogens with zero attached hydrogens (tertiary/aromatic N) is 1. The molecule has 8 heteroatoms. The SMILES string of the molecule is Cc1c(Cl)cccc1NC(=O)C(=O)Nc1ccccc1[N+](=O)[O-]. The van der Waals surface area contributed by atoms with Crippen LogP contribution in [0, 0.1) is 17.0 Å². The van der Waals surface area contributed by atoms with Crippen molar-refractivity contribution in [3.8, 4) is 0 Å². The second-order valence-corrected chi connectivity index (χ2v) is 5.00. The van der Waals surface area contributed by atoms with Crippen LogP contribution >= 0.6 is 11.6 Å². The van der Waals surface area contributed by atoms with Crippen LogP contribution in [0.1, 0.15) is 5.56 Å². The van der Waals surface area contributed by atoms with Crippen LogP contribution in [0.3, 0.4) is 0 Å². The van der Waals surface area contributed by atoms with E-state index in [0.717, 1.165) is 0 Å². The Bertz CT molecular complexity index is 792. The first-order valence-electron chi connectivity index (χ1n) is 6.51. The zero-order valence-electron chi connectivity index (χ0n) is 12.0. The molecule has 0 aliphatic heterocycles. The predicted octanol–water partition coefficient (Wildman–Crippen LogP) is 3.13. The molecule has 0 bridgehead atoms. The molecular weight excluding hydrogens is 322 g/mol. The third-order valence-electron chi connectivity index (χ3n) is 3.07. The molecule has 0 saturated heterocycles. The molecule has 0 aliphatic carbocycles. The van der Waals surface area contributed by atoms with E-state index in [1.165, 1.54) is 24.3 Å². The summed E-state index contributed by atoms with van der Waals surface area (Å²) in [5.41, 5.74) is 0.647. The molecule has 118 valence electrons. The molecule has 2 N–H and O–H groups in total. The second-order valence-electron chi connectivity index (χ2n) is 4.59. The fourth-order valence-electron chi connectivity index (χ4n) is 1.84. The maximum Gasteiger partial charge on any atom is 0.314 e. The molecular formula is C15H12ClN3O4. The fourth-order valence-corrected chi connectivity index (χ4v) is 2.01. The van der Waals surface area contributed by atoms with Crippen LogP contribution in [-0.2, 0) is 9.59 Å². The third kappa shape index (κ3) is 3.83. The Morgan fingerprint density at radius 1 is 1.00 bits per heavy atom. The molecule has 2 amide bonds. The number of benzene rings is 2. The lowest BCUT2D eigenvalue weighted by Crippen LogP contribution is -2.29. The Hall–Kier alpha value is -2.93. The Kier molecular flexibility index (Phi) is 4.92. The number of hydrogen-bond acceptors (Lipinski definition) is 4. The van der Waals surface area contributed by atoms with Crippen molar-refractivity contribution in [2.75, 3.05) is 10.6 Å². The predicted molar refractivity (Wildman–Crippen MR) is 86.5 cm³/mol. The lowest BCUT2D eigenvalue weighted by molar-refractivity contribution is -0.383. The zero-order chi connectivity index (χ0) is 17.0. The van der Waals surface area contributed by atoms with Crippen molar-refractivity contribution >= 4 is 40.5 Å². The van der Waals surface area contributed by atoms with Gasteiger partial charge in [-0.25, -0.2) is 0 Å². The summed E-state index contributed by atoms with van der Waals surface area (Å²) < 4.78 is 0. The van der Waals surface area contributed by atoms with E-state index in [4.69, 9.17) is 11.6 Å². The zero-order valence-corrected chi connectivity index (χ0v) is 12.8. The van der Waals surface area contributed by atoms with Crippen molar-refractivity contribution in [2.45, 2.75) is 6.92 Å². The molecule has 0 heterocycles. The minimum atomic E-state index is -1.02. The number of anilines is 2. The highest BCUT2D eigenvalue weighted by atomic mass is 35.5. The molecule has 0 atom stereocenters. The number of nitro groups is 1. The minimum absolute atomic E-state index is 0.0551. The number of halogens is 1. The Balaban J connectivity index is 2.14. The van der Waals surface area contributed by atoms with Crippen LogP contribution in [0.25, 0.3) is 0 Å². The largest absolute Gasteiger partial charge is 0.317 e. The summed E-state index contributed by atoms with van der Waals surface area (Å²) in [4.78, 5) is 34.1. The molecule has 0 radical (unpaired) electrons. The number of para-hydroxylation sites is 2. The van der Waals surface area contributed by atoms with Crippen LogP contribution in [0.5, 0.6) is 0 Å². The van der Waals surface area contributed by atoms with Crippen molar-refractivity contribution < 1.29 is 14.5 Å². The lowest BCUT2D eigenvalue weighted by atomic mass is 10.2. The van der Waals surface area contributed by atoms with E-state index in [0.29, 0.717) is 16.3 Å². The summed E-state index contributed by atoms with van der Waals surface area (Å²) >= 11 is 5.94.